The summed E-state index contributed by atoms with van der Waals surface area (Å²) in [6.07, 6.45) is 1.89. The number of aromatic nitrogens is 1. The highest BCUT2D eigenvalue weighted by Crippen LogP contribution is 2.34. The molecule has 0 bridgehead atoms. The van der Waals surface area contributed by atoms with Crippen LogP contribution >= 0.6 is 11.3 Å². The molecule has 2 heterocycles. The number of methoxy groups -OCH3 is 1. The first-order valence-electron chi connectivity index (χ1n) is 9.65. The fourth-order valence-corrected chi connectivity index (χ4v) is 4.79. The first-order valence-corrected chi connectivity index (χ1v) is 10.5. The van der Waals surface area contributed by atoms with Gasteiger partial charge in [0.05, 0.1) is 28.9 Å². The summed E-state index contributed by atoms with van der Waals surface area (Å²) in [5, 5.41) is 1.19. The number of likely N-dealkylation sites (tertiary alicyclic amines) is 1. The van der Waals surface area contributed by atoms with E-state index in [2.05, 4.69) is 18.2 Å². The van der Waals surface area contributed by atoms with Gasteiger partial charge in [0.25, 0.3) is 5.91 Å². The lowest BCUT2D eigenvalue weighted by Gasteiger charge is -2.31. The summed E-state index contributed by atoms with van der Waals surface area (Å²) in [4.78, 5) is 19.7. The monoisotopic (exact) mass is 396 g/mol. The maximum atomic E-state index is 12.9. The SMILES string of the molecule is CCOc1ccc(C(=O)N2CCC(c3nc4ccccc4s3)CC2)cc1OC. The Labute approximate surface area is 168 Å². The van der Waals surface area contributed by atoms with E-state index in [0.717, 1.165) is 31.4 Å². The largest absolute Gasteiger partial charge is 0.493 e. The van der Waals surface area contributed by atoms with Gasteiger partial charge in [-0.3, -0.25) is 4.79 Å². The number of amides is 1. The van der Waals surface area contributed by atoms with E-state index in [4.69, 9.17) is 14.5 Å². The normalized spacial score (nSPS) is 15.0. The molecule has 1 saturated heterocycles. The third-order valence-corrected chi connectivity index (χ3v) is 6.35. The number of para-hydroxylation sites is 1. The van der Waals surface area contributed by atoms with Gasteiger partial charge < -0.3 is 14.4 Å². The van der Waals surface area contributed by atoms with E-state index in [-0.39, 0.29) is 5.91 Å². The van der Waals surface area contributed by atoms with Gasteiger partial charge in [0.15, 0.2) is 11.5 Å². The van der Waals surface area contributed by atoms with E-state index in [9.17, 15) is 4.79 Å². The molecule has 4 rings (SSSR count). The zero-order valence-corrected chi connectivity index (χ0v) is 17.0. The van der Waals surface area contributed by atoms with Crippen LogP contribution in [-0.4, -0.2) is 42.6 Å². The number of fused-ring (bicyclic) bond motifs is 1. The summed E-state index contributed by atoms with van der Waals surface area (Å²) in [6, 6.07) is 13.7. The van der Waals surface area contributed by atoms with Crippen LogP contribution in [0.5, 0.6) is 11.5 Å². The van der Waals surface area contributed by atoms with Crippen molar-refractivity contribution in [3.63, 3.8) is 0 Å². The van der Waals surface area contributed by atoms with Gasteiger partial charge in [0.1, 0.15) is 0 Å². The average Bonchev–Trinajstić information content (AvgIpc) is 3.18. The van der Waals surface area contributed by atoms with Crippen LogP contribution in [0.25, 0.3) is 10.2 Å². The molecule has 28 heavy (non-hydrogen) atoms. The molecule has 0 radical (unpaired) electrons. The minimum absolute atomic E-state index is 0.0455. The van der Waals surface area contributed by atoms with Crippen LogP contribution in [0.15, 0.2) is 42.5 Å². The number of hydrogen-bond donors (Lipinski definition) is 0. The summed E-state index contributed by atoms with van der Waals surface area (Å²) < 4.78 is 12.2. The molecule has 5 nitrogen and oxygen atoms in total. The first kappa shape index (κ1) is 18.7. The van der Waals surface area contributed by atoms with Crippen molar-refractivity contribution in [2.75, 3.05) is 26.8 Å². The van der Waals surface area contributed by atoms with Gasteiger partial charge >= 0.3 is 0 Å². The smallest absolute Gasteiger partial charge is 0.253 e. The van der Waals surface area contributed by atoms with Crippen molar-refractivity contribution in [1.29, 1.82) is 0 Å². The zero-order valence-electron chi connectivity index (χ0n) is 16.2. The highest BCUT2D eigenvalue weighted by Gasteiger charge is 2.27. The van der Waals surface area contributed by atoms with Gasteiger partial charge in [-0.1, -0.05) is 12.1 Å². The molecule has 0 spiro atoms. The maximum absolute atomic E-state index is 12.9. The van der Waals surface area contributed by atoms with Gasteiger partial charge in [0.2, 0.25) is 0 Å². The third-order valence-electron chi connectivity index (χ3n) is 5.15. The molecule has 0 atom stereocenters. The van der Waals surface area contributed by atoms with E-state index >= 15 is 0 Å². The summed E-state index contributed by atoms with van der Waals surface area (Å²) >= 11 is 1.78. The van der Waals surface area contributed by atoms with Gasteiger partial charge in [-0.2, -0.15) is 0 Å². The molecular formula is C22H24N2O3S. The molecule has 1 fully saturated rings. The molecule has 1 aliphatic rings. The highest BCUT2D eigenvalue weighted by atomic mass is 32.1. The number of nitrogens with zero attached hydrogens (tertiary/aromatic N) is 2. The molecule has 0 aliphatic carbocycles. The Morgan fingerprint density at radius 1 is 1.18 bits per heavy atom. The Kier molecular flexibility index (Phi) is 5.48. The molecule has 3 aromatic rings. The topological polar surface area (TPSA) is 51.7 Å². The van der Waals surface area contributed by atoms with E-state index in [1.165, 1.54) is 9.71 Å². The van der Waals surface area contributed by atoms with Crippen molar-refractivity contribution < 1.29 is 14.3 Å². The van der Waals surface area contributed by atoms with Crippen molar-refractivity contribution in [3.8, 4) is 11.5 Å². The van der Waals surface area contributed by atoms with Crippen LogP contribution < -0.4 is 9.47 Å². The Hall–Kier alpha value is -2.60. The Morgan fingerprint density at radius 3 is 2.68 bits per heavy atom. The fraction of sp³-hybridized carbons (Fsp3) is 0.364. The van der Waals surface area contributed by atoms with E-state index in [1.54, 1.807) is 24.5 Å². The summed E-state index contributed by atoms with van der Waals surface area (Å²) in [6.45, 7) is 3.97. The van der Waals surface area contributed by atoms with Crippen molar-refractivity contribution in [2.45, 2.75) is 25.7 Å². The lowest BCUT2D eigenvalue weighted by molar-refractivity contribution is 0.0712. The van der Waals surface area contributed by atoms with Crippen LogP contribution in [-0.2, 0) is 0 Å². The van der Waals surface area contributed by atoms with Gasteiger partial charge in [-0.05, 0) is 50.1 Å². The number of carbonyl (C=O) groups is 1. The maximum Gasteiger partial charge on any atom is 0.253 e. The first-order chi connectivity index (χ1) is 13.7. The summed E-state index contributed by atoms with van der Waals surface area (Å²) in [7, 11) is 1.59. The van der Waals surface area contributed by atoms with Gasteiger partial charge in [-0.25, -0.2) is 4.98 Å². The van der Waals surface area contributed by atoms with E-state index in [0.29, 0.717) is 29.6 Å². The number of benzene rings is 2. The van der Waals surface area contributed by atoms with Gasteiger partial charge in [-0.15, -0.1) is 11.3 Å². The fourth-order valence-electron chi connectivity index (χ4n) is 3.65. The number of hydrogen-bond acceptors (Lipinski definition) is 5. The predicted octanol–water partition coefficient (Wildman–Crippen LogP) is 4.72. The number of ether oxygens (including phenoxy) is 2. The molecule has 0 saturated carbocycles. The van der Waals surface area contributed by atoms with E-state index < -0.39 is 0 Å². The number of carbonyl (C=O) groups excluding carboxylic acids is 1. The van der Waals surface area contributed by atoms with Crippen LogP contribution in [0.3, 0.4) is 0 Å². The molecule has 146 valence electrons. The Morgan fingerprint density at radius 2 is 1.96 bits per heavy atom. The molecule has 1 aromatic heterocycles. The lowest BCUT2D eigenvalue weighted by atomic mass is 9.97. The highest BCUT2D eigenvalue weighted by molar-refractivity contribution is 7.18. The second kappa shape index (κ2) is 8.19. The van der Waals surface area contributed by atoms with Crippen molar-refractivity contribution >= 4 is 27.5 Å². The Bertz CT molecular complexity index is 944. The quantitative estimate of drug-likeness (QED) is 0.626. The molecule has 2 aromatic carbocycles. The van der Waals surface area contributed by atoms with Crippen LogP contribution in [0, 0.1) is 0 Å². The number of piperidine rings is 1. The minimum Gasteiger partial charge on any atom is -0.493 e. The molecule has 1 aliphatic heterocycles. The number of rotatable bonds is 5. The van der Waals surface area contributed by atoms with Crippen molar-refractivity contribution in [3.05, 3.63) is 53.0 Å². The molecule has 0 N–H and O–H groups in total. The second-order valence-electron chi connectivity index (χ2n) is 6.88. The molecular weight excluding hydrogens is 372 g/mol. The van der Waals surface area contributed by atoms with Crippen molar-refractivity contribution in [2.24, 2.45) is 0 Å². The average molecular weight is 397 g/mol. The molecule has 6 heteroatoms. The zero-order chi connectivity index (χ0) is 19.5. The summed E-state index contributed by atoms with van der Waals surface area (Å²) in [5.74, 6) is 1.73. The van der Waals surface area contributed by atoms with Crippen molar-refractivity contribution in [1.82, 2.24) is 9.88 Å². The third kappa shape index (κ3) is 3.69. The Balaban J connectivity index is 1.43. The van der Waals surface area contributed by atoms with E-state index in [1.807, 2.05) is 30.0 Å². The predicted molar refractivity (Wildman–Crippen MR) is 112 cm³/mol. The van der Waals surface area contributed by atoms with Crippen LogP contribution in [0.4, 0.5) is 0 Å². The summed E-state index contributed by atoms with van der Waals surface area (Å²) in [5.41, 5.74) is 1.71. The molecule has 1 amide bonds. The van der Waals surface area contributed by atoms with Crippen LogP contribution in [0.1, 0.15) is 41.0 Å². The lowest BCUT2D eigenvalue weighted by Crippen LogP contribution is -2.37. The standard InChI is InChI=1S/C22H24N2O3S/c1-3-27-18-9-8-16(14-19(18)26-2)22(25)24-12-10-15(11-13-24)21-23-17-6-4-5-7-20(17)28-21/h4-9,14-15H,3,10-13H2,1-2H3. The van der Waals surface area contributed by atoms with Crippen LogP contribution in [0.2, 0.25) is 0 Å². The number of thiazole rings is 1. The second-order valence-corrected chi connectivity index (χ2v) is 7.95. The molecule has 0 unspecified atom stereocenters. The van der Waals surface area contributed by atoms with Gasteiger partial charge in [0, 0.05) is 24.6 Å². The minimum atomic E-state index is 0.0455.